The predicted octanol–water partition coefficient (Wildman–Crippen LogP) is 5.77. The second-order valence-corrected chi connectivity index (χ2v) is 8.85. The lowest BCUT2D eigenvalue weighted by Gasteiger charge is -2.35. The van der Waals surface area contributed by atoms with Crippen molar-refractivity contribution in [1.29, 1.82) is 0 Å². The minimum absolute atomic E-state index is 0.149. The third-order valence-electron chi connectivity index (χ3n) is 5.85. The number of carbonyl (C=O) groups is 1. The number of halogens is 1. The lowest BCUT2D eigenvalue weighted by Crippen LogP contribution is -2.40. The number of rotatable bonds is 5. The number of likely N-dealkylation sites (tertiary alicyclic amines) is 1. The van der Waals surface area contributed by atoms with Crippen molar-refractivity contribution < 1.29 is 9.21 Å². The van der Waals surface area contributed by atoms with E-state index in [2.05, 4.69) is 57.3 Å². The summed E-state index contributed by atoms with van der Waals surface area (Å²) in [6, 6.07) is 14.7. The zero-order valence-corrected chi connectivity index (χ0v) is 18.6. The molecule has 0 bridgehead atoms. The van der Waals surface area contributed by atoms with Gasteiger partial charge in [0.15, 0.2) is 5.76 Å². The molecule has 4 nitrogen and oxygen atoms in total. The first kappa shape index (κ1) is 20.2. The smallest absolute Gasteiger partial charge is 0.287 e. The van der Waals surface area contributed by atoms with Crippen LogP contribution in [0.2, 0.25) is 0 Å². The number of hydrogen-bond acceptors (Lipinski definition) is 3. The van der Waals surface area contributed by atoms with Crippen LogP contribution >= 0.6 is 15.9 Å². The maximum Gasteiger partial charge on any atom is 0.287 e. The first-order valence-electron chi connectivity index (χ1n) is 10.3. The molecule has 1 atom stereocenters. The number of piperidine rings is 1. The van der Waals surface area contributed by atoms with Gasteiger partial charge in [-0.25, -0.2) is 0 Å². The number of furan rings is 1. The molecule has 1 fully saturated rings. The van der Waals surface area contributed by atoms with Gasteiger partial charge < -0.3 is 9.73 Å². The fourth-order valence-electron chi connectivity index (χ4n) is 4.16. The van der Waals surface area contributed by atoms with Crippen molar-refractivity contribution in [2.24, 2.45) is 0 Å². The second-order valence-electron chi connectivity index (χ2n) is 7.93. The van der Waals surface area contributed by atoms with Crippen molar-refractivity contribution in [1.82, 2.24) is 10.2 Å². The lowest BCUT2D eigenvalue weighted by atomic mass is 10.0. The molecule has 1 amide bonds. The van der Waals surface area contributed by atoms with Gasteiger partial charge in [0.25, 0.3) is 5.91 Å². The summed E-state index contributed by atoms with van der Waals surface area (Å²) >= 11 is 3.49. The molecule has 4 rings (SSSR count). The molecule has 29 heavy (non-hydrogen) atoms. The highest BCUT2D eigenvalue weighted by atomic mass is 79.9. The highest BCUT2D eigenvalue weighted by molar-refractivity contribution is 9.10. The molecule has 0 aliphatic carbocycles. The van der Waals surface area contributed by atoms with Crippen molar-refractivity contribution in [3.05, 3.63) is 69.4 Å². The third-order valence-corrected chi connectivity index (χ3v) is 6.35. The Balaban J connectivity index is 1.54. The monoisotopic (exact) mass is 454 g/mol. The van der Waals surface area contributed by atoms with Crippen LogP contribution in [0.4, 0.5) is 0 Å². The van der Waals surface area contributed by atoms with E-state index in [4.69, 9.17) is 4.42 Å². The summed E-state index contributed by atoms with van der Waals surface area (Å²) in [5.74, 6) is 0.253. The molecule has 1 aliphatic rings. The van der Waals surface area contributed by atoms with E-state index in [-0.39, 0.29) is 11.9 Å². The first-order valence-corrected chi connectivity index (χ1v) is 11.1. The molecular weight excluding hydrogens is 428 g/mol. The lowest BCUT2D eigenvalue weighted by molar-refractivity contribution is 0.0898. The average Bonchev–Trinajstić information content (AvgIpc) is 3.06. The fraction of sp³-hybridized carbons (Fsp3) is 0.375. The zero-order chi connectivity index (χ0) is 20.4. The Bertz CT molecular complexity index is 1000. The molecule has 2 heterocycles. The number of nitrogens with one attached hydrogen (secondary N) is 1. The number of fused-ring (bicyclic) bond motifs is 1. The van der Waals surface area contributed by atoms with Crippen LogP contribution in [0.25, 0.3) is 11.0 Å². The molecule has 1 N–H and O–H groups in total. The highest BCUT2D eigenvalue weighted by Gasteiger charge is 2.24. The maximum absolute atomic E-state index is 13.0. The summed E-state index contributed by atoms with van der Waals surface area (Å²) in [5, 5.41) is 4.11. The number of hydrogen-bond donors (Lipinski definition) is 1. The highest BCUT2D eigenvalue weighted by Crippen LogP contribution is 2.29. The maximum atomic E-state index is 13.0. The van der Waals surface area contributed by atoms with Crippen LogP contribution in [0, 0.1) is 13.8 Å². The van der Waals surface area contributed by atoms with Gasteiger partial charge in [0.05, 0.1) is 6.04 Å². The van der Waals surface area contributed by atoms with Gasteiger partial charge in [-0.1, -0.05) is 52.2 Å². The molecule has 0 radical (unpaired) electrons. The Labute approximate surface area is 180 Å². The Kier molecular flexibility index (Phi) is 6.07. The van der Waals surface area contributed by atoms with Crippen LogP contribution in [-0.4, -0.2) is 30.4 Å². The van der Waals surface area contributed by atoms with E-state index >= 15 is 0 Å². The summed E-state index contributed by atoms with van der Waals surface area (Å²) in [7, 11) is 0. The summed E-state index contributed by atoms with van der Waals surface area (Å²) in [6.45, 7) is 6.76. The normalized spacial score (nSPS) is 16.1. The standard InChI is InChI=1S/C24H27BrN2O2/c1-16-6-8-18(9-7-16)21(27-12-4-3-5-13-27)15-26-24(28)23-17(2)20-14-19(25)10-11-22(20)29-23/h6-11,14,21H,3-5,12-13,15H2,1-2H3,(H,26,28). The largest absolute Gasteiger partial charge is 0.451 e. The van der Waals surface area contributed by atoms with Crippen LogP contribution in [0.15, 0.2) is 51.4 Å². The van der Waals surface area contributed by atoms with E-state index in [9.17, 15) is 4.79 Å². The van der Waals surface area contributed by atoms with Gasteiger partial charge in [-0.3, -0.25) is 9.69 Å². The van der Waals surface area contributed by atoms with Gasteiger partial charge in [-0.2, -0.15) is 0 Å². The van der Waals surface area contributed by atoms with Gasteiger partial charge in [-0.15, -0.1) is 0 Å². The van der Waals surface area contributed by atoms with Crippen LogP contribution in [0.1, 0.15) is 52.5 Å². The number of nitrogens with zero attached hydrogens (tertiary/aromatic N) is 1. The van der Waals surface area contributed by atoms with Gasteiger partial charge in [0, 0.05) is 22.0 Å². The number of amides is 1. The van der Waals surface area contributed by atoms with Gasteiger partial charge >= 0.3 is 0 Å². The molecule has 3 aromatic rings. The molecule has 1 aliphatic heterocycles. The molecule has 0 saturated carbocycles. The molecular formula is C24H27BrN2O2. The van der Waals surface area contributed by atoms with E-state index in [1.54, 1.807) is 0 Å². The van der Waals surface area contributed by atoms with E-state index in [0.717, 1.165) is 34.1 Å². The van der Waals surface area contributed by atoms with Gasteiger partial charge in [0.2, 0.25) is 0 Å². The summed E-state index contributed by atoms with van der Waals surface area (Å²) < 4.78 is 6.85. The molecule has 2 aromatic carbocycles. The quantitative estimate of drug-likeness (QED) is 0.532. The van der Waals surface area contributed by atoms with E-state index in [1.807, 2.05) is 25.1 Å². The van der Waals surface area contributed by atoms with E-state index < -0.39 is 0 Å². The number of aryl methyl sites for hydroxylation is 2. The summed E-state index contributed by atoms with van der Waals surface area (Å²) in [5.41, 5.74) is 4.12. The average molecular weight is 455 g/mol. The molecule has 0 spiro atoms. The molecule has 152 valence electrons. The topological polar surface area (TPSA) is 45.5 Å². The van der Waals surface area contributed by atoms with Crippen molar-refractivity contribution in [2.45, 2.75) is 39.2 Å². The molecule has 1 aromatic heterocycles. The molecule has 1 saturated heterocycles. The second kappa shape index (κ2) is 8.72. The van der Waals surface area contributed by atoms with Gasteiger partial charge in [-0.05, 0) is 63.5 Å². The Morgan fingerprint density at radius 1 is 1.10 bits per heavy atom. The van der Waals surface area contributed by atoms with E-state index in [0.29, 0.717) is 12.3 Å². The van der Waals surface area contributed by atoms with Crippen molar-refractivity contribution >= 4 is 32.8 Å². The van der Waals surface area contributed by atoms with Crippen LogP contribution in [-0.2, 0) is 0 Å². The predicted molar refractivity (Wildman–Crippen MR) is 120 cm³/mol. The molecule has 5 heteroatoms. The Morgan fingerprint density at radius 2 is 1.83 bits per heavy atom. The van der Waals surface area contributed by atoms with Crippen LogP contribution in [0.3, 0.4) is 0 Å². The summed E-state index contributed by atoms with van der Waals surface area (Å²) in [4.78, 5) is 15.5. The van der Waals surface area contributed by atoms with Crippen LogP contribution in [0.5, 0.6) is 0 Å². The Morgan fingerprint density at radius 3 is 2.55 bits per heavy atom. The fourth-order valence-corrected chi connectivity index (χ4v) is 4.52. The van der Waals surface area contributed by atoms with Crippen molar-refractivity contribution in [3.8, 4) is 0 Å². The zero-order valence-electron chi connectivity index (χ0n) is 17.0. The minimum atomic E-state index is -0.149. The first-order chi connectivity index (χ1) is 14.0. The third kappa shape index (κ3) is 4.41. The molecule has 1 unspecified atom stereocenters. The van der Waals surface area contributed by atoms with Gasteiger partial charge in [0.1, 0.15) is 5.58 Å². The van der Waals surface area contributed by atoms with Crippen LogP contribution < -0.4 is 5.32 Å². The van der Waals surface area contributed by atoms with E-state index in [1.165, 1.54) is 30.4 Å². The minimum Gasteiger partial charge on any atom is -0.451 e. The summed E-state index contributed by atoms with van der Waals surface area (Å²) in [6.07, 6.45) is 3.72. The van der Waals surface area contributed by atoms with Crippen molar-refractivity contribution in [2.75, 3.05) is 19.6 Å². The number of benzene rings is 2. The number of carbonyl (C=O) groups excluding carboxylic acids is 1. The van der Waals surface area contributed by atoms with Crippen molar-refractivity contribution in [3.63, 3.8) is 0 Å². The Hall–Kier alpha value is -2.11. The SMILES string of the molecule is Cc1ccc(C(CNC(=O)c2oc3ccc(Br)cc3c2C)N2CCCCC2)cc1.